The van der Waals surface area contributed by atoms with Gasteiger partial charge in [-0.25, -0.2) is 0 Å². The Morgan fingerprint density at radius 2 is 1.53 bits per heavy atom. The summed E-state index contributed by atoms with van der Waals surface area (Å²) in [7, 11) is 0. The Morgan fingerprint density at radius 3 is 2.00 bits per heavy atom. The van der Waals surface area contributed by atoms with Crippen LogP contribution >= 0.6 is 15.9 Å². The molecule has 0 aromatic carbocycles. The maximum atomic E-state index is 11.0. The number of alkyl halides is 1. The van der Waals surface area contributed by atoms with Gasteiger partial charge < -0.3 is 15.3 Å². The van der Waals surface area contributed by atoms with Gasteiger partial charge in [-0.2, -0.15) is 0 Å². The van der Waals surface area contributed by atoms with Crippen LogP contribution in [-0.2, 0) is 9.59 Å². The molecule has 3 N–H and O–H groups in total. The minimum Gasteiger partial charge on any atom is -0.481 e. The van der Waals surface area contributed by atoms with E-state index in [1.54, 1.807) is 0 Å². The van der Waals surface area contributed by atoms with Gasteiger partial charge in [0.05, 0.1) is 17.9 Å². The Bertz CT molecular complexity index is 288. The molecular weight excluding hydrogens is 268 g/mol. The van der Waals surface area contributed by atoms with Crippen LogP contribution in [0.4, 0.5) is 0 Å². The second-order valence-corrected chi connectivity index (χ2v) is 5.28. The smallest absolute Gasteiger partial charge is 0.307 e. The Labute approximate surface area is 94.2 Å². The van der Waals surface area contributed by atoms with Crippen molar-refractivity contribution in [3.8, 4) is 0 Å². The summed E-state index contributed by atoms with van der Waals surface area (Å²) in [6.45, 7) is 0. The highest BCUT2D eigenvalue weighted by Gasteiger charge is 2.62. The second kappa shape index (κ2) is 3.45. The third-order valence-electron chi connectivity index (χ3n) is 3.60. The van der Waals surface area contributed by atoms with Crippen molar-refractivity contribution in [2.24, 2.45) is 23.7 Å². The van der Waals surface area contributed by atoms with Crippen LogP contribution in [0.2, 0.25) is 0 Å². The molecule has 5 nitrogen and oxygen atoms in total. The van der Waals surface area contributed by atoms with Crippen LogP contribution in [-0.4, -0.2) is 38.2 Å². The van der Waals surface area contributed by atoms with E-state index in [0.717, 1.165) is 0 Å². The van der Waals surface area contributed by atoms with Crippen molar-refractivity contribution in [2.75, 3.05) is 0 Å². The third kappa shape index (κ3) is 1.38. The van der Waals surface area contributed by atoms with Crippen molar-refractivity contribution in [2.45, 2.75) is 17.4 Å². The van der Waals surface area contributed by atoms with Gasteiger partial charge in [-0.15, -0.1) is 0 Å². The number of aliphatic hydroxyl groups excluding tert-OH is 1. The summed E-state index contributed by atoms with van der Waals surface area (Å²) in [5.41, 5.74) is 0. The first-order valence-electron chi connectivity index (χ1n) is 4.73. The molecule has 0 aliphatic heterocycles. The first-order chi connectivity index (χ1) is 6.95. The molecule has 15 heavy (non-hydrogen) atoms. The van der Waals surface area contributed by atoms with Crippen LogP contribution in [0, 0.1) is 23.7 Å². The van der Waals surface area contributed by atoms with E-state index in [4.69, 9.17) is 10.2 Å². The number of carboxylic acid groups (broad SMARTS) is 2. The molecule has 2 aliphatic rings. The number of halogens is 1. The van der Waals surface area contributed by atoms with Gasteiger partial charge in [-0.05, 0) is 12.3 Å². The normalized spacial score (nSPS) is 48.1. The van der Waals surface area contributed by atoms with Crippen LogP contribution < -0.4 is 0 Å². The highest BCUT2D eigenvalue weighted by molar-refractivity contribution is 9.09. The average molecular weight is 279 g/mol. The number of fused-ring (bicyclic) bond motifs is 2. The number of rotatable bonds is 2. The molecular formula is C9H11BrO5. The summed E-state index contributed by atoms with van der Waals surface area (Å²) in [4.78, 5) is 21.7. The molecule has 0 aromatic heterocycles. The van der Waals surface area contributed by atoms with E-state index in [-0.39, 0.29) is 10.7 Å². The number of carbonyl (C=O) groups is 2. The molecule has 0 spiro atoms. The number of hydrogen-bond donors (Lipinski definition) is 3. The SMILES string of the molecule is O=C(O)[C@@H]1[C@H]2C[C@@H]([C@@H](O)[C@H]2Br)[C@@H]1C(=O)O. The van der Waals surface area contributed by atoms with Gasteiger partial charge in [-0.3, -0.25) is 9.59 Å². The zero-order valence-corrected chi connectivity index (χ0v) is 9.29. The van der Waals surface area contributed by atoms with E-state index in [1.807, 2.05) is 0 Å². The summed E-state index contributed by atoms with van der Waals surface area (Å²) in [6.07, 6.45) is -0.267. The predicted octanol–water partition coefficient (Wildman–Crippen LogP) is 0.162. The molecule has 2 fully saturated rings. The van der Waals surface area contributed by atoms with Crippen molar-refractivity contribution in [3.05, 3.63) is 0 Å². The molecule has 6 atom stereocenters. The third-order valence-corrected chi connectivity index (χ3v) is 4.82. The maximum absolute atomic E-state index is 11.0. The molecule has 6 heteroatoms. The van der Waals surface area contributed by atoms with Gasteiger partial charge in [0.25, 0.3) is 0 Å². The minimum absolute atomic E-state index is 0.274. The van der Waals surface area contributed by atoms with E-state index in [0.29, 0.717) is 6.42 Å². The lowest BCUT2D eigenvalue weighted by Crippen LogP contribution is -2.45. The Kier molecular flexibility index (Phi) is 2.50. The number of aliphatic carboxylic acids is 2. The fraction of sp³-hybridized carbons (Fsp3) is 0.778. The molecule has 0 saturated heterocycles. The van der Waals surface area contributed by atoms with Crippen molar-refractivity contribution in [1.82, 2.24) is 0 Å². The molecule has 0 unspecified atom stereocenters. The van der Waals surface area contributed by atoms with E-state index in [9.17, 15) is 14.7 Å². The summed E-state index contributed by atoms with van der Waals surface area (Å²) in [5.74, 6) is -4.72. The van der Waals surface area contributed by atoms with Crippen molar-refractivity contribution in [1.29, 1.82) is 0 Å². The van der Waals surface area contributed by atoms with Gasteiger partial charge in [0.1, 0.15) is 0 Å². The van der Waals surface area contributed by atoms with Crippen LogP contribution in [0.3, 0.4) is 0 Å². The molecule has 2 aliphatic carbocycles. The van der Waals surface area contributed by atoms with Gasteiger partial charge in [0.15, 0.2) is 0 Å². The highest BCUT2D eigenvalue weighted by atomic mass is 79.9. The van der Waals surface area contributed by atoms with Gasteiger partial charge in [-0.1, -0.05) is 15.9 Å². The number of carboxylic acids is 2. The predicted molar refractivity (Wildman–Crippen MR) is 52.6 cm³/mol. The van der Waals surface area contributed by atoms with Crippen molar-refractivity contribution >= 4 is 27.9 Å². The molecule has 0 heterocycles. The van der Waals surface area contributed by atoms with E-state index < -0.39 is 35.8 Å². The Hall–Kier alpha value is -0.620. The summed E-state index contributed by atoms with van der Waals surface area (Å²) < 4.78 is 0. The fourth-order valence-electron chi connectivity index (χ4n) is 2.98. The lowest BCUT2D eigenvalue weighted by molar-refractivity contribution is -0.158. The molecule has 0 aromatic rings. The first kappa shape index (κ1) is 10.9. The second-order valence-electron chi connectivity index (χ2n) is 4.23. The summed E-state index contributed by atoms with van der Waals surface area (Å²) in [6, 6.07) is 0. The van der Waals surface area contributed by atoms with Crippen LogP contribution in [0.25, 0.3) is 0 Å². The van der Waals surface area contributed by atoms with Crippen LogP contribution in [0.5, 0.6) is 0 Å². The topological polar surface area (TPSA) is 94.8 Å². The zero-order valence-electron chi connectivity index (χ0n) is 7.71. The molecule has 0 amide bonds. The minimum atomic E-state index is -1.12. The largest absolute Gasteiger partial charge is 0.481 e. The average Bonchev–Trinajstić information content (AvgIpc) is 2.64. The van der Waals surface area contributed by atoms with Gasteiger partial charge in [0.2, 0.25) is 0 Å². The van der Waals surface area contributed by atoms with Gasteiger partial charge >= 0.3 is 11.9 Å². The number of hydrogen-bond acceptors (Lipinski definition) is 3. The lowest BCUT2D eigenvalue weighted by atomic mass is 9.78. The van der Waals surface area contributed by atoms with Crippen molar-refractivity contribution < 1.29 is 24.9 Å². The molecule has 2 rings (SSSR count). The quantitative estimate of drug-likeness (QED) is 0.626. The van der Waals surface area contributed by atoms with Crippen LogP contribution in [0.1, 0.15) is 6.42 Å². The highest BCUT2D eigenvalue weighted by Crippen LogP contribution is 2.54. The van der Waals surface area contributed by atoms with E-state index in [2.05, 4.69) is 15.9 Å². The fourth-order valence-corrected chi connectivity index (χ4v) is 3.92. The standard InChI is InChI=1S/C9H11BrO5/c10-6-2-1-3(7(6)11)5(9(14)15)4(2)8(12)13/h2-7,11H,1H2,(H,12,13)(H,14,15)/t2-,3-,4-,5+,6+,7-/m1/s1. The first-order valence-corrected chi connectivity index (χ1v) is 5.64. The Morgan fingerprint density at radius 1 is 1.07 bits per heavy atom. The van der Waals surface area contributed by atoms with E-state index >= 15 is 0 Å². The summed E-state index contributed by atoms with van der Waals surface area (Å²) >= 11 is 3.24. The Balaban J connectivity index is 2.32. The zero-order chi connectivity index (χ0) is 11.3. The van der Waals surface area contributed by atoms with Gasteiger partial charge in [0, 0.05) is 10.7 Å². The molecule has 84 valence electrons. The molecule has 2 bridgehead atoms. The number of aliphatic hydroxyl groups is 1. The summed E-state index contributed by atoms with van der Waals surface area (Å²) in [5, 5.41) is 27.7. The molecule has 2 saturated carbocycles. The monoisotopic (exact) mass is 278 g/mol. The van der Waals surface area contributed by atoms with Crippen LogP contribution in [0.15, 0.2) is 0 Å². The lowest BCUT2D eigenvalue weighted by Gasteiger charge is -2.31. The van der Waals surface area contributed by atoms with Crippen molar-refractivity contribution in [3.63, 3.8) is 0 Å². The molecule has 0 radical (unpaired) electrons. The van der Waals surface area contributed by atoms with E-state index in [1.165, 1.54) is 0 Å². The maximum Gasteiger partial charge on any atom is 0.307 e.